The molecule has 1 aliphatic heterocycles. The number of rotatable bonds is 5. The molecule has 0 aromatic carbocycles. The van der Waals surface area contributed by atoms with Crippen LogP contribution in [0, 0.1) is 5.92 Å². The minimum atomic E-state index is -0.789. The van der Waals surface area contributed by atoms with Gasteiger partial charge in [-0.1, -0.05) is 6.92 Å². The predicted molar refractivity (Wildman–Crippen MR) is 62.0 cm³/mol. The van der Waals surface area contributed by atoms with Crippen molar-refractivity contribution in [2.24, 2.45) is 5.92 Å². The van der Waals surface area contributed by atoms with E-state index in [9.17, 15) is 4.79 Å². The zero-order chi connectivity index (χ0) is 13.1. The van der Waals surface area contributed by atoms with Crippen molar-refractivity contribution < 1.29 is 14.6 Å². The summed E-state index contributed by atoms with van der Waals surface area (Å²) < 4.78 is 7.20. The van der Waals surface area contributed by atoms with E-state index in [1.807, 2.05) is 6.92 Å². The van der Waals surface area contributed by atoms with Crippen LogP contribution in [0.1, 0.15) is 38.4 Å². The molecule has 1 saturated heterocycles. The van der Waals surface area contributed by atoms with E-state index in [0.29, 0.717) is 19.6 Å². The molecule has 18 heavy (non-hydrogen) atoms. The van der Waals surface area contributed by atoms with Crippen molar-refractivity contribution in [1.82, 2.24) is 20.2 Å². The lowest BCUT2D eigenvalue weighted by molar-refractivity contribution is -0.141. The molecule has 0 bridgehead atoms. The van der Waals surface area contributed by atoms with Gasteiger partial charge in [0, 0.05) is 12.5 Å². The van der Waals surface area contributed by atoms with Gasteiger partial charge in [-0.2, -0.15) is 0 Å². The molecule has 1 N–H and O–H groups in total. The van der Waals surface area contributed by atoms with Crippen LogP contribution < -0.4 is 0 Å². The highest BCUT2D eigenvalue weighted by Crippen LogP contribution is 2.27. The number of ether oxygens (including phenoxy) is 1. The fraction of sp³-hybridized carbons (Fsp3) is 0.818. The molecule has 0 radical (unpaired) electrons. The van der Waals surface area contributed by atoms with Crippen LogP contribution >= 0.6 is 0 Å². The lowest BCUT2D eigenvalue weighted by atomic mass is 10.1. The average molecular weight is 254 g/mol. The molecule has 1 aromatic rings. The zero-order valence-corrected chi connectivity index (χ0v) is 10.6. The molecule has 0 saturated carbocycles. The van der Waals surface area contributed by atoms with Crippen LogP contribution in [0.25, 0.3) is 0 Å². The normalized spacial score (nSPS) is 25.2. The van der Waals surface area contributed by atoms with Crippen molar-refractivity contribution in [2.45, 2.75) is 45.3 Å². The summed E-state index contributed by atoms with van der Waals surface area (Å²) in [5.41, 5.74) is 0. The first-order valence-electron chi connectivity index (χ1n) is 6.18. The Hall–Kier alpha value is -1.50. The lowest BCUT2D eigenvalue weighted by Gasteiger charge is -2.10. The highest BCUT2D eigenvalue weighted by Gasteiger charge is 2.28. The van der Waals surface area contributed by atoms with Gasteiger partial charge in [0.05, 0.1) is 18.6 Å². The number of aliphatic carboxylic acids is 1. The van der Waals surface area contributed by atoms with Crippen molar-refractivity contribution >= 4 is 5.97 Å². The van der Waals surface area contributed by atoms with Crippen LogP contribution in [0.3, 0.4) is 0 Å². The van der Waals surface area contributed by atoms with E-state index in [1.165, 1.54) is 0 Å². The van der Waals surface area contributed by atoms with Crippen molar-refractivity contribution in [1.29, 1.82) is 0 Å². The van der Waals surface area contributed by atoms with Gasteiger partial charge in [-0.25, -0.2) is 4.68 Å². The Labute approximate surface area is 105 Å². The third-order valence-electron chi connectivity index (χ3n) is 3.32. The first kappa shape index (κ1) is 12.9. The van der Waals surface area contributed by atoms with Crippen LogP contribution in [0.4, 0.5) is 0 Å². The summed E-state index contributed by atoms with van der Waals surface area (Å²) in [6.45, 7) is 4.88. The van der Waals surface area contributed by atoms with Gasteiger partial charge < -0.3 is 9.84 Å². The maximum Gasteiger partial charge on any atom is 0.306 e. The lowest BCUT2D eigenvalue weighted by Crippen LogP contribution is -2.16. The summed E-state index contributed by atoms with van der Waals surface area (Å²) in [6, 6.07) is 0. The van der Waals surface area contributed by atoms with E-state index in [2.05, 4.69) is 15.5 Å². The van der Waals surface area contributed by atoms with Crippen LogP contribution in [0.15, 0.2) is 0 Å². The third-order valence-corrected chi connectivity index (χ3v) is 3.32. The van der Waals surface area contributed by atoms with Gasteiger partial charge in [-0.3, -0.25) is 4.79 Å². The number of tetrazole rings is 1. The maximum atomic E-state index is 10.8. The molecule has 100 valence electrons. The number of carbonyl (C=O) groups is 1. The summed E-state index contributed by atoms with van der Waals surface area (Å²) >= 11 is 0. The molecule has 7 heteroatoms. The first-order valence-corrected chi connectivity index (χ1v) is 6.18. The molecule has 2 heterocycles. The molecular weight excluding hydrogens is 236 g/mol. The molecule has 1 aliphatic rings. The quantitative estimate of drug-likeness (QED) is 0.830. The largest absolute Gasteiger partial charge is 0.481 e. The highest BCUT2D eigenvalue weighted by molar-refractivity contribution is 5.69. The molecule has 1 fully saturated rings. The molecular formula is C11H18N4O3. The van der Waals surface area contributed by atoms with Crippen molar-refractivity contribution in [2.75, 3.05) is 6.61 Å². The number of carboxylic acid groups (broad SMARTS) is 1. The number of aryl methyl sites for hydroxylation is 1. The fourth-order valence-electron chi connectivity index (χ4n) is 2.10. The topological polar surface area (TPSA) is 90.1 Å². The summed E-state index contributed by atoms with van der Waals surface area (Å²) in [5, 5.41) is 20.5. The Morgan fingerprint density at radius 1 is 1.67 bits per heavy atom. The van der Waals surface area contributed by atoms with E-state index in [-0.39, 0.29) is 17.9 Å². The van der Waals surface area contributed by atoms with Crippen LogP contribution in [-0.2, 0) is 16.1 Å². The van der Waals surface area contributed by atoms with E-state index in [0.717, 1.165) is 12.2 Å². The minimum Gasteiger partial charge on any atom is -0.481 e. The van der Waals surface area contributed by atoms with Crippen LogP contribution in [0.2, 0.25) is 0 Å². The summed E-state index contributed by atoms with van der Waals surface area (Å²) in [7, 11) is 0. The molecule has 3 atom stereocenters. The third kappa shape index (κ3) is 2.84. The second-order valence-electron chi connectivity index (χ2n) is 4.86. The standard InChI is InChI=1S/C11H18N4O3/c1-7(11(16)17)3-4-15-10(12-13-14-15)9-5-8(2)18-6-9/h7-9H,3-6H2,1-2H3,(H,16,17). The molecule has 1 aromatic heterocycles. The van der Waals surface area contributed by atoms with E-state index in [1.54, 1.807) is 11.6 Å². The highest BCUT2D eigenvalue weighted by atomic mass is 16.5. The number of hydrogen-bond donors (Lipinski definition) is 1. The van der Waals surface area contributed by atoms with Crippen molar-refractivity contribution in [3.8, 4) is 0 Å². The number of aromatic nitrogens is 4. The Morgan fingerprint density at radius 2 is 2.44 bits per heavy atom. The Kier molecular flexibility index (Phi) is 3.90. The van der Waals surface area contributed by atoms with Gasteiger partial charge in [0.25, 0.3) is 0 Å². The predicted octanol–water partition coefficient (Wildman–Crippen LogP) is 0.676. The van der Waals surface area contributed by atoms with E-state index >= 15 is 0 Å². The Bertz CT molecular complexity index is 420. The molecule has 0 aliphatic carbocycles. The van der Waals surface area contributed by atoms with Gasteiger partial charge in [0.15, 0.2) is 5.82 Å². The van der Waals surface area contributed by atoms with E-state index < -0.39 is 5.97 Å². The summed E-state index contributed by atoms with van der Waals surface area (Å²) in [6.07, 6.45) is 1.67. The first-order chi connectivity index (χ1) is 8.58. The molecule has 0 spiro atoms. The average Bonchev–Trinajstić information content (AvgIpc) is 2.93. The molecule has 7 nitrogen and oxygen atoms in total. The summed E-state index contributed by atoms with van der Waals surface area (Å²) in [4.78, 5) is 10.8. The zero-order valence-electron chi connectivity index (χ0n) is 10.6. The Morgan fingerprint density at radius 3 is 3.06 bits per heavy atom. The molecule has 3 unspecified atom stereocenters. The smallest absolute Gasteiger partial charge is 0.306 e. The number of hydrogen-bond acceptors (Lipinski definition) is 5. The molecule has 2 rings (SSSR count). The Balaban J connectivity index is 1.97. The molecule has 0 amide bonds. The van der Waals surface area contributed by atoms with Crippen molar-refractivity contribution in [3.63, 3.8) is 0 Å². The summed E-state index contributed by atoms with van der Waals surface area (Å²) in [5.74, 6) is -0.157. The monoisotopic (exact) mass is 254 g/mol. The fourth-order valence-corrected chi connectivity index (χ4v) is 2.10. The van der Waals surface area contributed by atoms with Crippen molar-refractivity contribution in [3.05, 3.63) is 5.82 Å². The van der Waals surface area contributed by atoms with Crippen LogP contribution in [-0.4, -0.2) is 44.0 Å². The van der Waals surface area contributed by atoms with E-state index in [4.69, 9.17) is 9.84 Å². The van der Waals surface area contributed by atoms with Gasteiger partial charge >= 0.3 is 5.97 Å². The van der Waals surface area contributed by atoms with Gasteiger partial charge in [0.2, 0.25) is 0 Å². The number of nitrogens with zero attached hydrogens (tertiary/aromatic N) is 4. The van der Waals surface area contributed by atoms with Gasteiger partial charge in [-0.15, -0.1) is 5.10 Å². The SMILES string of the molecule is CC1CC(c2nnnn2CCC(C)C(=O)O)CO1. The second-order valence-corrected chi connectivity index (χ2v) is 4.86. The number of carboxylic acids is 1. The van der Waals surface area contributed by atoms with Gasteiger partial charge in [-0.05, 0) is 30.2 Å². The maximum absolute atomic E-state index is 10.8. The second kappa shape index (κ2) is 5.43. The van der Waals surface area contributed by atoms with Gasteiger partial charge in [0.1, 0.15) is 0 Å². The minimum absolute atomic E-state index is 0.218. The van der Waals surface area contributed by atoms with Crippen LogP contribution in [0.5, 0.6) is 0 Å².